The van der Waals surface area contributed by atoms with Crippen molar-refractivity contribution in [1.29, 1.82) is 0 Å². The lowest BCUT2D eigenvalue weighted by atomic mass is 9.99. The summed E-state index contributed by atoms with van der Waals surface area (Å²) < 4.78 is 37.5. The predicted molar refractivity (Wildman–Crippen MR) is 161 cm³/mol. The minimum Gasteiger partial charge on any atom is -0.497 e. The molecule has 0 radical (unpaired) electrons. The van der Waals surface area contributed by atoms with Gasteiger partial charge in [-0.15, -0.1) is 0 Å². The van der Waals surface area contributed by atoms with E-state index in [2.05, 4.69) is 11.6 Å². The van der Waals surface area contributed by atoms with Gasteiger partial charge in [0.15, 0.2) is 12.1 Å². The van der Waals surface area contributed by atoms with Crippen LogP contribution in [0.1, 0.15) is 23.6 Å². The molecule has 3 atom stereocenters. The molecule has 3 aromatic rings. The Morgan fingerprint density at radius 1 is 1.10 bits per heavy atom. The molecule has 0 aromatic heterocycles. The number of esters is 1. The highest BCUT2D eigenvalue weighted by Crippen LogP contribution is 2.41. The third kappa shape index (κ3) is 7.19. The summed E-state index contributed by atoms with van der Waals surface area (Å²) in [6, 6.07) is 18.0. The molecule has 1 heterocycles. The molecule has 0 aliphatic carbocycles. The van der Waals surface area contributed by atoms with E-state index < -0.39 is 38.2 Å². The molecule has 41 heavy (non-hydrogen) atoms. The lowest BCUT2D eigenvalue weighted by molar-refractivity contribution is -0.161. The van der Waals surface area contributed by atoms with E-state index in [1.807, 2.05) is 6.92 Å². The number of amides is 1. The van der Waals surface area contributed by atoms with Gasteiger partial charge in [0.25, 0.3) is 5.91 Å². The van der Waals surface area contributed by atoms with E-state index >= 15 is 0 Å². The van der Waals surface area contributed by atoms with Crippen LogP contribution in [0.15, 0.2) is 94.8 Å². The zero-order valence-corrected chi connectivity index (χ0v) is 25.1. The Morgan fingerprint density at radius 3 is 2.32 bits per heavy atom. The van der Waals surface area contributed by atoms with E-state index in [9.17, 15) is 18.0 Å². The molecule has 0 spiro atoms. The van der Waals surface area contributed by atoms with Crippen molar-refractivity contribution in [2.75, 3.05) is 7.11 Å². The number of aryl methyl sites for hydroxylation is 1. The first kappa shape index (κ1) is 30.4. The second kappa shape index (κ2) is 12.9. The molecule has 4 rings (SSSR count). The normalized spacial score (nSPS) is 17.7. The van der Waals surface area contributed by atoms with Gasteiger partial charge in [0.05, 0.1) is 12.0 Å². The summed E-state index contributed by atoms with van der Waals surface area (Å²) in [6.45, 7) is 7.29. The maximum absolute atomic E-state index is 13.4. The summed E-state index contributed by atoms with van der Waals surface area (Å²) in [7, 11) is -1.81. The Kier molecular flexibility index (Phi) is 9.57. The van der Waals surface area contributed by atoms with Crippen LogP contribution in [0.4, 0.5) is 0 Å². The summed E-state index contributed by atoms with van der Waals surface area (Å²) in [5.41, 5.74) is 2.63. The number of nitrogens with zero attached hydrogens (tertiary/aromatic N) is 2. The number of benzene rings is 3. The molecule has 3 aromatic carbocycles. The van der Waals surface area contributed by atoms with Gasteiger partial charge < -0.3 is 14.4 Å². The number of aliphatic imine (C=N–C) groups is 1. The topological polar surface area (TPSA) is 102 Å². The monoisotopic (exact) mass is 612 g/mol. The molecular formula is C30H29ClN2O6S2. The highest BCUT2D eigenvalue weighted by Gasteiger charge is 2.55. The van der Waals surface area contributed by atoms with E-state index in [1.165, 1.54) is 23.2 Å². The minimum atomic E-state index is -3.92. The molecule has 0 N–H and O–H groups in total. The molecular weight excluding hydrogens is 584 g/mol. The van der Waals surface area contributed by atoms with E-state index in [0.717, 1.165) is 5.56 Å². The zero-order chi connectivity index (χ0) is 29.7. The zero-order valence-electron chi connectivity index (χ0n) is 22.7. The fourth-order valence-electron chi connectivity index (χ4n) is 4.09. The molecule has 1 aliphatic heterocycles. The van der Waals surface area contributed by atoms with Crippen LogP contribution in [0.2, 0.25) is 5.02 Å². The molecule has 214 valence electrons. The standard InChI is InChI=1S/C30H29ClN2O6S2/c1-19(2)27(30(35)39-18-22-9-13-24(38-4)14-10-22)33-28(34)26(32-17-21-7-11-23(31)12-8-21)29(33)40-41(36,37)25-15-5-20(3)6-16-25/h5-17,26-27,29H,1,18H2,2-4H3. The predicted octanol–water partition coefficient (Wildman–Crippen LogP) is 5.42. The molecule has 1 aliphatic rings. The highest BCUT2D eigenvalue weighted by atomic mass is 35.5. The minimum absolute atomic E-state index is 0.0493. The first-order chi connectivity index (χ1) is 19.5. The van der Waals surface area contributed by atoms with Gasteiger partial charge in [-0.25, -0.2) is 13.2 Å². The third-order valence-corrected chi connectivity index (χ3v) is 10.3. The number of hydrogen-bond acceptors (Lipinski definition) is 8. The van der Waals surface area contributed by atoms with Crippen LogP contribution in [-0.4, -0.2) is 56.0 Å². The summed E-state index contributed by atoms with van der Waals surface area (Å²) in [5, 5.41) is -0.462. The largest absolute Gasteiger partial charge is 0.497 e. The van der Waals surface area contributed by atoms with Gasteiger partial charge in [0.2, 0.25) is 8.87 Å². The summed E-state index contributed by atoms with van der Waals surface area (Å²) >= 11 is 5.96. The number of hydrogen-bond donors (Lipinski definition) is 0. The van der Waals surface area contributed by atoms with Crippen LogP contribution >= 0.6 is 22.4 Å². The number of ether oxygens (including phenoxy) is 2. The summed E-state index contributed by atoms with van der Waals surface area (Å²) in [6.07, 6.45) is 1.49. The maximum Gasteiger partial charge on any atom is 0.333 e. The van der Waals surface area contributed by atoms with Crippen molar-refractivity contribution in [3.8, 4) is 5.75 Å². The first-order valence-electron chi connectivity index (χ1n) is 12.6. The number of likely N-dealkylation sites (tertiary alicyclic amines) is 1. The molecule has 0 saturated carbocycles. The number of β-lactam (4-membered cyclic amide) rings is 1. The van der Waals surface area contributed by atoms with Crippen molar-refractivity contribution < 1.29 is 27.5 Å². The smallest absolute Gasteiger partial charge is 0.333 e. The van der Waals surface area contributed by atoms with E-state index in [0.29, 0.717) is 38.3 Å². The number of carbonyl (C=O) groups is 2. The molecule has 3 unspecified atom stereocenters. The SMILES string of the molecule is C=C(C)C(C(=O)OCc1ccc(OC)cc1)N1C(=O)C(N=Cc2ccc(Cl)cc2)C1SS(=O)(=O)c1ccc(C)cc1. The van der Waals surface area contributed by atoms with Gasteiger partial charge in [-0.05, 0) is 66.9 Å². The highest BCUT2D eigenvalue weighted by molar-refractivity contribution is 8.72. The van der Waals surface area contributed by atoms with Crippen molar-refractivity contribution in [3.63, 3.8) is 0 Å². The van der Waals surface area contributed by atoms with Gasteiger partial charge in [-0.3, -0.25) is 9.79 Å². The fraction of sp³-hybridized carbons (Fsp3) is 0.233. The average molecular weight is 613 g/mol. The molecule has 1 fully saturated rings. The van der Waals surface area contributed by atoms with Gasteiger partial charge in [-0.2, -0.15) is 0 Å². The maximum atomic E-state index is 13.4. The molecule has 1 saturated heterocycles. The Balaban J connectivity index is 1.60. The van der Waals surface area contributed by atoms with Crippen LogP contribution in [0.25, 0.3) is 0 Å². The summed E-state index contributed by atoms with van der Waals surface area (Å²) in [5.74, 6) is -0.577. The van der Waals surface area contributed by atoms with Crippen LogP contribution in [0.5, 0.6) is 5.75 Å². The van der Waals surface area contributed by atoms with E-state index in [4.69, 9.17) is 21.1 Å². The van der Waals surface area contributed by atoms with Crippen LogP contribution in [0, 0.1) is 6.92 Å². The number of halogens is 1. The van der Waals surface area contributed by atoms with Crippen molar-refractivity contribution in [1.82, 2.24) is 4.90 Å². The van der Waals surface area contributed by atoms with Crippen molar-refractivity contribution in [2.45, 2.75) is 42.8 Å². The van der Waals surface area contributed by atoms with Crippen molar-refractivity contribution >= 4 is 49.4 Å². The number of carbonyl (C=O) groups excluding carboxylic acids is 2. The molecule has 0 bridgehead atoms. The Morgan fingerprint density at radius 2 is 1.73 bits per heavy atom. The molecule has 1 amide bonds. The lowest BCUT2D eigenvalue weighted by Gasteiger charge is -2.47. The number of rotatable bonds is 11. The van der Waals surface area contributed by atoms with Gasteiger partial charge in [0, 0.05) is 22.0 Å². The second-order valence-corrected chi connectivity index (χ2v) is 13.9. The van der Waals surface area contributed by atoms with Gasteiger partial charge in [-0.1, -0.05) is 60.1 Å². The van der Waals surface area contributed by atoms with Crippen LogP contribution in [0.3, 0.4) is 0 Å². The van der Waals surface area contributed by atoms with Crippen molar-refractivity contribution in [2.24, 2.45) is 4.99 Å². The molecule has 11 heteroatoms. The van der Waals surface area contributed by atoms with Gasteiger partial charge in [0.1, 0.15) is 17.7 Å². The van der Waals surface area contributed by atoms with Crippen molar-refractivity contribution in [3.05, 3.63) is 107 Å². The Labute approximate surface area is 248 Å². The van der Waals surface area contributed by atoms with Crippen LogP contribution < -0.4 is 4.74 Å². The van der Waals surface area contributed by atoms with Crippen LogP contribution in [-0.2, 0) is 29.8 Å². The van der Waals surface area contributed by atoms with E-state index in [1.54, 1.807) is 74.7 Å². The quantitative estimate of drug-likeness (QED) is 0.0936. The average Bonchev–Trinajstić information content (AvgIpc) is 2.95. The molecule has 8 nitrogen and oxygen atoms in total. The Bertz CT molecular complexity index is 1560. The number of methoxy groups -OCH3 is 1. The third-order valence-electron chi connectivity index (χ3n) is 6.35. The summed E-state index contributed by atoms with van der Waals surface area (Å²) in [4.78, 5) is 32.4. The van der Waals surface area contributed by atoms with E-state index in [-0.39, 0.29) is 11.5 Å². The Hall–Kier alpha value is -3.60. The van der Waals surface area contributed by atoms with Gasteiger partial charge >= 0.3 is 5.97 Å². The lowest BCUT2D eigenvalue weighted by Crippen LogP contribution is -2.67. The fourth-order valence-corrected chi connectivity index (χ4v) is 7.71. The second-order valence-electron chi connectivity index (χ2n) is 9.48. The first-order valence-corrected chi connectivity index (χ1v) is 15.8.